The van der Waals surface area contributed by atoms with E-state index in [4.69, 9.17) is 23.9 Å². The van der Waals surface area contributed by atoms with Gasteiger partial charge in [-0.3, -0.25) is 9.36 Å². The highest BCUT2D eigenvalue weighted by molar-refractivity contribution is 7.07. The van der Waals surface area contributed by atoms with Crippen LogP contribution < -0.4 is 29.1 Å². The van der Waals surface area contributed by atoms with E-state index in [-0.39, 0.29) is 29.9 Å². The molecule has 0 unspecified atom stereocenters. The highest BCUT2D eigenvalue weighted by Crippen LogP contribution is 2.38. The number of rotatable bonds is 12. The second-order valence-electron chi connectivity index (χ2n) is 10.4. The van der Waals surface area contributed by atoms with E-state index in [2.05, 4.69) is 0 Å². The fourth-order valence-electron chi connectivity index (χ4n) is 5.25. The van der Waals surface area contributed by atoms with Crippen LogP contribution in [0.1, 0.15) is 59.8 Å². The van der Waals surface area contributed by atoms with Crippen molar-refractivity contribution in [2.75, 3.05) is 20.8 Å². The number of hydrogen-bond donors (Lipinski definition) is 1. The van der Waals surface area contributed by atoms with E-state index < -0.39 is 18.0 Å². The quantitative estimate of drug-likeness (QED) is 0.217. The number of esters is 1. The number of ether oxygens (including phenoxy) is 4. The first-order valence-electron chi connectivity index (χ1n) is 14.8. The third-order valence-electron chi connectivity index (χ3n) is 7.42. The summed E-state index contributed by atoms with van der Waals surface area (Å²) in [6.07, 6.45) is 2.98. The minimum absolute atomic E-state index is 0.161. The van der Waals surface area contributed by atoms with Gasteiger partial charge in [0.25, 0.3) is 5.56 Å². The number of carboxylic acids is 1. The van der Waals surface area contributed by atoms with E-state index in [1.165, 1.54) is 35.1 Å². The molecule has 1 aliphatic heterocycles. The summed E-state index contributed by atoms with van der Waals surface area (Å²) in [5, 5.41) is 9.18. The summed E-state index contributed by atoms with van der Waals surface area (Å²) in [7, 11) is 3.08. The van der Waals surface area contributed by atoms with Crippen molar-refractivity contribution in [2.45, 2.75) is 39.3 Å². The van der Waals surface area contributed by atoms with E-state index in [1.807, 2.05) is 25.1 Å². The molecule has 11 heteroatoms. The van der Waals surface area contributed by atoms with Crippen LogP contribution in [0.4, 0.5) is 0 Å². The van der Waals surface area contributed by atoms with Gasteiger partial charge < -0.3 is 24.1 Å². The number of methoxy groups -OCH3 is 2. The number of aromatic nitrogens is 1. The summed E-state index contributed by atoms with van der Waals surface area (Å²) >= 11 is 1.22. The van der Waals surface area contributed by atoms with E-state index in [0.29, 0.717) is 49.8 Å². The largest absolute Gasteiger partial charge is 0.497 e. The van der Waals surface area contributed by atoms with E-state index >= 15 is 0 Å². The first-order valence-corrected chi connectivity index (χ1v) is 15.6. The van der Waals surface area contributed by atoms with Crippen molar-refractivity contribution in [1.82, 2.24) is 4.57 Å². The standard InChI is InChI=1S/C35H34N2O8S/c1-5-9-26-30(34(41)44-6-2)31(25-19-24(42-3)16-17-28(25)43-4)37-32(38)29(46-35(37)36-26)18-23-10-7-8-11-27(23)45-20-21-12-14-22(15-13-21)33(39)40/h7-8,10-19,31H,5-6,9,20H2,1-4H3,(H,39,40)/b29-18-/t31-/m1/s1. The Kier molecular flexibility index (Phi) is 10.0. The number of para-hydroxylation sites is 1. The minimum atomic E-state index is -0.998. The molecule has 46 heavy (non-hydrogen) atoms. The molecule has 238 valence electrons. The predicted molar refractivity (Wildman–Crippen MR) is 173 cm³/mol. The lowest BCUT2D eigenvalue weighted by molar-refractivity contribution is -0.139. The first kappa shape index (κ1) is 32.2. The molecule has 0 spiro atoms. The lowest BCUT2D eigenvalue weighted by atomic mass is 9.93. The summed E-state index contributed by atoms with van der Waals surface area (Å²) in [6, 6.07) is 18.2. The van der Waals surface area contributed by atoms with Crippen molar-refractivity contribution in [3.8, 4) is 17.2 Å². The van der Waals surface area contributed by atoms with E-state index in [0.717, 1.165) is 12.0 Å². The molecular weight excluding hydrogens is 608 g/mol. The molecule has 0 bridgehead atoms. The van der Waals surface area contributed by atoms with Crippen LogP contribution in [-0.2, 0) is 16.1 Å². The zero-order valence-electron chi connectivity index (χ0n) is 25.9. The molecule has 2 heterocycles. The summed E-state index contributed by atoms with van der Waals surface area (Å²) in [5.74, 6) is 0.0194. The molecule has 0 radical (unpaired) electrons. The van der Waals surface area contributed by atoms with Crippen LogP contribution in [0.2, 0.25) is 0 Å². The van der Waals surface area contributed by atoms with Gasteiger partial charge in [-0.2, -0.15) is 0 Å². The second-order valence-corrected chi connectivity index (χ2v) is 11.4. The van der Waals surface area contributed by atoms with Crippen LogP contribution in [0.25, 0.3) is 6.08 Å². The van der Waals surface area contributed by atoms with Gasteiger partial charge in [0.2, 0.25) is 0 Å². The molecule has 10 nitrogen and oxygen atoms in total. The molecule has 1 aromatic heterocycles. The third-order valence-corrected chi connectivity index (χ3v) is 8.41. The number of aromatic carboxylic acids is 1. The number of thiazole rings is 1. The van der Waals surface area contributed by atoms with Crippen molar-refractivity contribution in [1.29, 1.82) is 0 Å². The number of allylic oxidation sites excluding steroid dienone is 1. The van der Waals surface area contributed by atoms with Crippen LogP contribution >= 0.6 is 11.3 Å². The first-order chi connectivity index (χ1) is 22.3. The van der Waals surface area contributed by atoms with Crippen molar-refractivity contribution in [2.24, 2.45) is 4.99 Å². The summed E-state index contributed by atoms with van der Waals surface area (Å²) in [6.45, 7) is 4.09. The van der Waals surface area contributed by atoms with E-state index in [9.17, 15) is 19.5 Å². The van der Waals surface area contributed by atoms with Gasteiger partial charge in [0.1, 0.15) is 29.9 Å². The van der Waals surface area contributed by atoms with Gasteiger partial charge in [-0.15, -0.1) is 0 Å². The number of benzene rings is 3. The molecule has 1 atom stereocenters. The normalized spacial score (nSPS) is 14.3. The van der Waals surface area contributed by atoms with Crippen LogP contribution in [0.5, 0.6) is 17.2 Å². The monoisotopic (exact) mass is 642 g/mol. The van der Waals surface area contributed by atoms with Crippen LogP contribution in [-0.4, -0.2) is 42.4 Å². The van der Waals surface area contributed by atoms with Gasteiger partial charge in [-0.25, -0.2) is 14.6 Å². The topological polar surface area (TPSA) is 126 Å². The van der Waals surface area contributed by atoms with Crippen LogP contribution in [0, 0.1) is 0 Å². The minimum Gasteiger partial charge on any atom is -0.497 e. The third kappa shape index (κ3) is 6.59. The maximum Gasteiger partial charge on any atom is 0.338 e. The predicted octanol–water partition coefficient (Wildman–Crippen LogP) is 4.87. The van der Waals surface area contributed by atoms with Crippen molar-refractivity contribution >= 4 is 29.4 Å². The van der Waals surface area contributed by atoms with Gasteiger partial charge in [-0.05, 0) is 61.4 Å². The second kappa shape index (κ2) is 14.3. The SMILES string of the molecule is CCCC1=C(C(=O)OCC)[C@@H](c2cc(OC)ccc2OC)n2c(s/c(=C\c3ccccc3OCc3ccc(C(=O)O)cc3)c2=O)=N1. The number of hydrogen-bond acceptors (Lipinski definition) is 9. The van der Waals surface area contributed by atoms with Gasteiger partial charge in [0.05, 0.1) is 42.2 Å². The average molecular weight is 643 g/mol. The lowest BCUT2D eigenvalue weighted by Gasteiger charge is -2.27. The van der Waals surface area contributed by atoms with Gasteiger partial charge >= 0.3 is 11.9 Å². The van der Waals surface area contributed by atoms with Crippen molar-refractivity contribution in [3.05, 3.63) is 120 Å². The molecule has 0 amide bonds. The van der Waals surface area contributed by atoms with Gasteiger partial charge in [0.15, 0.2) is 4.80 Å². The Morgan fingerprint density at radius 3 is 2.43 bits per heavy atom. The average Bonchev–Trinajstić information content (AvgIpc) is 3.37. The Hall–Kier alpha value is -5.16. The number of carbonyl (C=O) groups excluding carboxylic acids is 1. The fourth-order valence-corrected chi connectivity index (χ4v) is 6.26. The van der Waals surface area contributed by atoms with Crippen molar-refractivity contribution < 1.29 is 33.6 Å². The summed E-state index contributed by atoms with van der Waals surface area (Å²) in [4.78, 5) is 44.3. The Bertz CT molecular complexity index is 1970. The molecule has 4 aromatic rings. The number of carboxylic acid groups (broad SMARTS) is 1. The number of nitrogens with zero attached hydrogens (tertiary/aromatic N) is 2. The lowest BCUT2D eigenvalue weighted by Crippen LogP contribution is -2.40. The van der Waals surface area contributed by atoms with Gasteiger partial charge in [0, 0.05) is 11.1 Å². The molecule has 3 aromatic carbocycles. The highest BCUT2D eigenvalue weighted by atomic mass is 32.1. The molecule has 1 aliphatic rings. The molecule has 0 saturated carbocycles. The van der Waals surface area contributed by atoms with Crippen LogP contribution in [0.15, 0.2) is 87.8 Å². The zero-order chi connectivity index (χ0) is 32.8. The maximum atomic E-state index is 14.3. The molecule has 0 fully saturated rings. The fraction of sp³-hybridized carbons (Fsp3) is 0.257. The molecular formula is C35H34N2O8S. The Morgan fingerprint density at radius 1 is 1.00 bits per heavy atom. The highest BCUT2D eigenvalue weighted by Gasteiger charge is 2.36. The smallest absolute Gasteiger partial charge is 0.338 e. The molecule has 0 aliphatic carbocycles. The number of fused-ring (bicyclic) bond motifs is 1. The Balaban J connectivity index is 1.64. The van der Waals surface area contributed by atoms with Crippen molar-refractivity contribution in [3.63, 3.8) is 0 Å². The molecule has 1 N–H and O–H groups in total. The summed E-state index contributed by atoms with van der Waals surface area (Å²) in [5.41, 5.74) is 2.73. The Labute approximate surface area is 269 Å². The molecule has 5 rings (SSSR count). The van der Waals surface area contributed by atoms with E-state index in [1.54, 1.807) is 56.5 Å². The summed E-state index contributed by atoms with van der Waals surface area (Å²) < 4.78 is 24.7. The molecule has 0 saturated heterocycles. The maximum absolute atomic E-state index is 14.3. The van der Waals surface area contributed by atoms with Gasteiger partial charge in [-0.1, -0.05) is 55.0 Å². The number of carbonyl (C=O) groups is 2. The zero-order valence-corrected chi connectivity index (χ0v) is 26.8. The van der Waals surface area contributed by atoms with Crippen LogP contribution in [0.3, 0.4) is 0 Å². The Morgan fingerprint density at radius 2 is 1.76 bits per heavy atom.